The first-order chi connectivity index (χ1) is 19.1. The molecule has 0 aromatic heterocycles. The Labute approximate surface area is 246 Å². The third-order valence-electron chi connectivity index (χ3n) is 14.1. The van der Waals surface area contributed by atoms with Crippen molar-refractivity contribution in [2.24, 2.45) is 50.2 Å². The van der Waals surface area contributed by atoms with Crippen LogP contribution in [0.3, 0.4) is 0 Å². The number of rotatable bonds is 3. The summed E-state index contributed by atoms with van der Waals surface area (Å²) < 4.78 is 0. The Morgan fingerprint density at radius 1 is 0.902 bits per heavy atom. The zero-order valence-corrected chi connectivity index (χ0v) is 26.3. The Bertz CT molecular complexity index is 1270. The summed E-state index contributed by atoms with van der Waals surface area (Å²) in [7, 11) is 0. The third kappa shape index (κ3) is 3.96. The van der Waals surface area contributed by atoms with Crippen molar-refractivity contribution >= 4 is 11.7 Å². The lowest BCUT2D eigenvalue weighted by Crippen LogP contribution is -2.66. The zero-order valence-electron chi connectivity index (χ0n) is 26.3. The minimum Gasteiger partial charge on any atom is -0.393 e. The molecule has 0 saturated heterocycles. The van der Waals surface area contributed by atoms with Gasteiger partial charge in [-0.1, -0.05) is 72.2 Å². The van der Waals surface area contributed by atoms with Crippen LogP contribution in [0.15, 0.2) is 42.0 Å². The van der Waals surface area contributed by atoms with Gasteiger partial charge in [0.25, 0.3) is 5.91 Å². The number of aliphatic hydroxyl groups is 1. The molecule has 9 atom stereocenters. The highest BCUT2D eigenvalue weighted by Gasteiger charge is 2.70. The SMILES string of the molecule is CC1(C)C2CC[C@]3(C)C(C(=O)C=C4C5C[C@@](C)(C(=O)NOc6ccccc6)CC[C@]5(C)CC[C@]43C)[C@@]2(C)CC[C@@H]1O. The number of para-hydroxylation sites is 1. The zero-order chi connectivity index (χ0) is 29.6. The first-order valence-corrected chi connectivity index (χ1v) is 16.1. The van der Waals surface area contributed by atoms with Crippen molar-refractivity contribution < 1.29 is 19.5 Å². The fraction of sp³-hybridized carbons (Fsp3) is 0.722. The molecular formula is C36H51NO4. The number of carbonyl (C=O) groups is 2. The van der Waals surface area contributed by atoms with Gasteiger partial charge in [0, 0.05) is 11.3 Å². The maximum Gasteiger partial charge on any atom is 0.258 e. The average Bonchev–Trinajstić information content (AvgIpc) is 2.92. The molecule has 4 fully saturated rings. The lowest BCUT2D eigenvalue weighted by molar-refractivity contribution is -0.202. The molecule has 5 aliphatic rings. The molecule has 5 heteroatoms. The van der Waals surface area contributed by atoms with Crippen molar-refractivity contribution in [3.63, 3.8) is 0 Å². The molecule has 1 amide bonds. The molecule has 0 spiro atoms. The van der Waals surface area contributed by atoms with Gasteiger partial charge >= 0.3 is 0 Å². The lowest BCUT2D eigenvalue weighted by atomic mass is 9.33. The fourth-order valence-electron chi connectivity index (χ4n) is 11.1. The minimum atomic E-state index is -0.563. The number of hydrogen-bond donors (Lipinski definition) is 2. The number of benzene rings is 1. The van der Waals surface area contributed by atoms with Crippen molar-refractivity contribution in [2.75, 3.05) is 0 Å². The van der Waals surface area contributed by atoms with Gasteiger partial charge in [0.2, 0.25) is 0 Å². The normalized spacial score (nSPS) is 46.6. The van der Waals surface area contributed by atoms with Crippen LogP contribution in [0.2, 0.25) is 0 Å². The molecule has 3 unspecified atom stereocenters. The number of amides is 1. The van der Waals surface area contributed by atoms with Crippen molar-refractivity contribution in [3.05, 3.63) is 42.0 Å². The quantitative estimate of drug-likeness (QED) is 0.376. The van der Waals surface area contributed by atoms with Crippen molar-refractivity contribution in [1.82, 2.24) is 5.48 Å². The molecule has 0 heterocycles. The second kappa shape index (κ2) is 9.18. The van der Waals surface area contributed by atoms with Crippen LogP contribution in [0.5, 0.6) is 5.75 Å². The van der Waals surface area contributed by atoms with Gasteiger partial charge in [-0.3, -0.25) is 9.59 Å². The van der Waals surface area contributed by atoms with Crippen LogP contribution < -0.4 is 10.3 Å². The van der Waals surface area contributed by atoms with Gasteiger partial charge in [0.05, 0.1) is 6.10 Å². The summed E-state index contributed by atoms with van der Waals surface area (Å²) in [6.07, 6.45) is 10.3. The topological polar surface area (TPSA) is 75.6 Å². The molecule has 4 saturated carbocycles. The maximum atomic E-state index is 14.5. The summed E-state index contributed by atoms with van der Waals surface area (Å²) in [4.78, 5) is 33.8. The van der Waals surface area contributed by atoms with E-state index in [-0.39, 0.29) is 50.9 Å². The monoisotopic (exact) mass is 561 g/mol. The number of hydrogen-bond acceptors (Lipinski definition) is 4. The van der Waals surface area contributed by atoms with Crippen LogP contribution in [0.4, 0.5) is 0 Å². The number of nitrogens with one attached hydrogen (secondary N) is 1. The van der Waals surface area contributed by atoms with Crippen LogP contribution in [0.25, 0.3) is 0 Å². The summed E-state index contributed by atoms with van der Waals surface area (Å²) in [5.74, 6) is 1.35. The van der Waals surface area contributed by atoms with Gasteiger partial charge in [-0.25, -0.2) is 0 Å². The molecule has 224 valence electrons. The number of aliphatic hydroxyl groups excluding tert-OH is 1. The molecular weight excluding hydrogens is 510 g/mol. The second-order valence-corrected chi connectivity index (χ2v) is 16.5. The molecule has 0 bridgehead atoms. The summed E-state index contributed by atoms with van der Waals surface area (Å²) in [6.45, 7) is 16.2. The summed E-state index contributed by atoms with van der Waals surface area (Å²) in [5.41, 5.74) is 3.08. The van der Waals surface area contributed by atoms with Gasteiger partial charge in [-0.05, 0) is 115 Å². The average molecular weight is 562 g/mol. The maximum absolute atomic E-state index is 14.5. The largest absolute Gasteiger partial charge is 0.393 e. The highest BCUT2D eigenvalue weighted by Crippen LogP contribution is 2.75. The number of carbonyl (C=O) groups excluding carboxylic acids is 2. The van der Waals surface area contributed by atoms with E-state index in [1.165, 1.54) is 5.57 Å². The van der Waals surface area contributed by atoms with Gasteiger partial charge in [-0.15, -0.1) is 0 Å². The van der Waals surface area contributed by atoms with Crippen molar-refractivity contribution in [1.29, 1.82) is 0 Å². The number of hydroxylamine groups is 1. The Kier molecular flexibility index (Phi) is 6.48. The van der Waals surface area contributed by atoms with E-state index in [9.17, 15) is 14.7 Å². The van der Waals surface area contributed by atoms with Gasteiger partial charge in [-0.2, -0.15) is 5.48 Å². The Balaban J connectivity index is 1.34. The first kappa shape index (κ1) is 29.0. The smallest absolute Gasteiger partial charge is 0.258 e. The van der Waals surface area contributed by atoms with Gasteiger partial charge in [0.1, 0.15) is 0 Å². The van der Waals surface area contributed by atoms with Crippen LogP contribution in [-0.4, -0.2) is 22.9 Å². The summed E-state index contributed by atoms with van der Waals surface area (Å²) in [6, 6.07) is 9.39. The molecule has 1 aromatic rings. The van der Waals surface area contributed by atoms with E-state index in [0.717, 1.165) is 57.8 Å². The minimum absolute atomic E-state index is 0.0313. The number of ketones is 1. The molecule has 5 aliphatic carbocycles. The van der Waals surface area contributed by atoms with Crippen molar-refractivity contribution in [2.45, 2.75) is 112 Å². The predicted molar refractivity (Wildman–Crippen MR) is 161 cm³/mol. The second-order valence-electron chi connectivity index (χ2n) is 16.5. The molecule has 2 N–H and O–H groups in total. The highest BCUT2D eigenvalue weighted by molar-refractivity contribution is 5.95. The van der Waals surface area contributed by atoms with Crippen LogP contribution in [0, 0.1) is 50.2 Å². The Morgan fingerprint density at radius 2 is 1.59 bits per heavy atom. The lowest BCUT2D eigenvalue weighted by Gasteiger charge is -2.70. The van der Waals surface area contributed by atoms with Gasteiger partial charge < -0.3 is 9.94 Å². The van der Waals surface area contributed by atoms with E-state index in [4.69, 9.17) is 4.84 Å². The highest BCUT2D eigenvalue weighted by atomic mass is 16.7. The van der Waals surface area contributed by atoms with E-state index >= 15 is 0 Å². The standard InChI is InChI=1S/C36H51NO4/c1-31(2)27-13-16-36(7)29(34(27,5)15-14-28(31)39)26(38)21-24-25-22-33(4,18-17-32(25,3)19-20-35(24,36)6)30(40)37-41-23-11-9-8-10-12-23/h8-12,21,25,27-29,39H,13-20,22H2,1-7H3,(H,37,40)/t25?,27?,28-,29?,32+,33-,34-,35+,36+/m0/s1. The number of allylic oxidation sites excluding steroid dienone is 2. The number of fused-ring (bicyclic) bond motifs is 7. The Hall–Kier alpha value is -2.14. The molecule has 41 heavy (non-hydrogen) atoms. The van der Waals surface area contributed by atoms with E-state index < -0.39 is 5.41 Å². The van der Waals surface area contributed by atoms with E-state index in [2.05, 4.69) is 60.0 Å². The summed E-state index contributed by atoms with van der Waals surface area (Å²) in [5, 5.41) is 11.0. The molecule has 0 aliphatic heterocycles. The van der Waals surface area contributed by atoms with E-state index in [0.29, 0.717) is 17.5 Å². The first-order valence-electron chi connectivity index (χ1n) is 16.1. The Morgan fingerprint density at radius 3 is 2.29 bits per heavy atom. The predicted octanol–water partition coefficient (Wildman–Crippen LogP) is 7.44. The van der Waals surface area contributed by atoms with Crippen LogP contribution in [-0.2, 0) is 9.59 Å². The molecule has 6 rings (SSSR count). The fourth-order valence-corrected chi connectivity index (χ4v) is 11.1. The summed E-state index contributed by atoms with van der Waals surface area (Å²) >= 11 is 0. The van der Waals surface area contributed by atoms with E-state index in [1.807, 2.05) is 30.3 Å². The van der Waals surface area contributed by atoms with Gasteiger partial charge in [0.15, 0.2) is 11.5 Å². The molecule has 1 aromatic carbocycles. The van der Waals surface area contributed by atoms with Crippen LogP contribution >= 0.6 is 0 Å². The van der Waals surface area contributed by atoms with Crippen molar-refractivity contribution in [3.8, 4) is 5.75 Å². The molecule has 0 radical (unpaired) electrons. The molecule has 5 nitrogen and oxygen atoms in total. The van der Waals surface area contributed by atoms with E-state index in [1.54, 1.807) is 0 Å². The third-order valence-corrected chi connectivity index (χ3v) is 14.1. The van der Waals surface area contributed by atoms with Crippen LogP contribution in [0.1, 0.15) is 106 Å².